The van der Waals surface area contributed by atoms with Gasteiger partial charge in [0, 0.05) is 20.6 Å². The lowest BCUT2D eigenvalue weighted by atomic mass is 9.93. The summed E-state index contributed by atoms with van der Waals surface area (Å²) < 4.78 is 2.40. The first kappa shape index (κ1) is 15.3. The van der Waals surface area contributed by atoms with Gasteiger partial charge in [-0.25, -0.2) is 4.79 Å². The number of aryl methyl sites for hydroxylation is 1. The average molecular weight is 294 g/mol. The average Bonchev–Trinajstić information content (AvgIpc) is 2.92. The molecule has 2 heterocycles. The Kier molecular flexibility index (Phi) is 3.91. The third kappa shape index (κ3) is 2.35. The van der Waals surface area contributed by atoms with Gasteiger partial charge in [0.2, 0.25) is 5.95 Å². The highest BCUT2D eigenvalue weighted by atomic mass is 16.2. The van der Waals surface area contributed by atoms with Crippen LogP contribution in [0.25, 0.3) is 11.2 Å². The molecule has 0 amide bonds. The Morgan fingerprint density at radius 1 is 1.24 bits per heavy atom. The largest absolute Gasteiger partial charge is 0.349 e. The molecule has 21 heavy (non-hydrogen) atoms. The van der Waals surface area contributed by atoms with E-state index in [4.69, 9.17) is 5.73 Å². The molecule has 0 saturated heterocycles. The minimum absolute atomic E-state index is 0.280. The molecule has 0 bridgehead atoms. The number of nitrogens with two attached hydrogens (primary N) is 1. The first-order valence-corrected chi connectivity index (χ1v) is 7.03. The second kappa shape index (κ2) is 5.36. The fourth-order valence-corrected chi connectivity index (χ4v) is 2.40. The lowest BCUT2D eigenvalue weighted by Crippen LogP contribution is -2.44. The maximum Gasteiger partial charge on any atom is 0.332 e. The molecule has 0 fully saturated rings. The molecular formula is C13H22N6O2. The number of hydrogen-bond acceptors (Lipinski definition) is 5. The number of nitrogens with one attached hydrogen (secondary N) is 2. The molecule has 0 aliphatic carbocycles. The van der Waals surface area contributed by atoms with Crippen LogP contribution in [0.1, 0.15) is 26.7 Å². The molecular weight excluding hydrogens is 272 g/mol. The van der Waals surface area contributed by atoms with E-state index in [9.17, 15) is 9.59 Å². The van der Waals surface area contributed by atoms with E-state index < -0.39 is 5.69 Å². The van der Waals surface area contributed by atoms with Crippen molar-refractivity contribution in [2.45, 2.75) is 32.2 Å². The lowest BCUT2D eigenvalue weighted by molar-refractivity contribution is 0.442. The van der Waals surface area contributed by atoms with Crippen molar-refractivity contribution < 1.29 is 0 Å². The van der Waals surface area contributed by atoms with Crippen molar-refractivity contribution in [1.82, 2.24) is 19.1 Å². The lowest BCUT2D eigenvalue weighted by Gasteiger charge is -2.31. The smallest absolute Gasteiger partial charge is 0.332 e. The molecule has 0 saturated carbocycles. The van der Waals surface area contributed by atoms with Gasteiger partial charge in [-0.05, 0) is 12.8 Å². The summed E-state index contributed by atoms with van der Waals surface area (Å²) in [5.74, 6) is 0.456. The number of H-pyrrole nitrogens is 1. The number of hydrogen-bond donors (Lipinski definition) is 3. The van der Waals surface area contributed by atoms with E-state index in [0.717, 1.165) is 17.4 Å². The Morgan fingerprint density at radius 3 is 2.38 bits per heavy atom. The Bertz CT molecular complexity index is 757. The molecule has 0 aromatic carbocycles. The summed E-state index contributed by atoms with van der Waals surface area (Å²) in [6.07, 6.45) is 1.65. The SMILES string of the molecule is CCC(CC)(CN)Nc1nc2c([nH]1)c(=O)n(C)c(=O)n2C. The van der Waals surface area contributed by atoms with Gasteiger partial charge in [0.15, 0.2) is 11.2 Å². The number of imidazole rings is 1. The zero-order valence-corrected chi connectivity index (χ0v) is 12.9. The van der Waals surface area contributed by atoms with E-state index in [1.54, 1.807) is 7.05 Å². The van der Waals surface area contributed by atoms with Crippen LogP contribution in [0.5, 0.6) is 0 Å². The summed E-state index contributed by atoms with van der Waals surface area (Å²) in [5, 5.41) is 3.27. The maximum absolute atomic E-state index is 12.1. The van der Waals surface area contributed by atoms with E-state index in [2.05, 4.69) is 15.3 Å². The van der Waals surface area contributed by atoms with Gasteiger partial charge in [0.1, 0.15) is 0 Å². The fraction of sp³-hybridized carbons (Fsp3) is 0.615. The van der Waals surface area contributed by atoms with Crippen LogP contribution in [-0.4, -0.2) is 31.2 Å². The summed E-state index contributed by atoms with van der Waals surface area (Å²) in [5.41, 5.74) is 5.43. The summed E-state index contributed by atoms with van der Waals surface area (Å²) in [7, 11) is 3.03. The highest BCUT2D eigenvalue weighted by molar-refractivity contribution is 5.72. The van der Waals surface area contributed by atoms with Crippen molar-refractivity contribution in [1.29, 1.82) is 0 Å². The van der Waals surface area contributed by atoms with Gasteiger partial charge in [-0.15, -0.1) is 0 Å². The Morgan fingerprint density at radius 2 is 1.86 bits per heavy atom. The minimum Gasteiger partial charge on any atom is -0.349 e. The van der Waals surface area contributed by atoms with Crippen LogP contribution in [0.3, 0.4) is 0 Å². The molecule has 0 unspecified atom stereocenters. The number of anilines is 1. The van der Waals surface area contributed by atoms with E-state index in [1.807, 2.05) is 13.8 Å². The number of rotatable bonds is 5. The molecule has 0 spiro atoms. The first-order valence-electron chi connectivity index (χ1n) is 7.03. The second-order valence-electron chi connectivity index (χ2n) is 5.31. The highest BCUT2D eigenvalue weighted by Gasteiger charge is 2.25. The zero-order chi connectivity index (χ0) is 15.8. The van der Waals surface area contributed by atoms with Gasteiger partial charge in [0.05, 0.1) is 5.54 Å². The Labute approximate surface area is 122 Å². The van der Waals surface area contributed by atoms with Crippen molar-refractivity contribution in [3.8, 4) is 0 Å². The van der Waals surface area contributed by atoms with E-state index >= 15 is 0 Å². The van der Waals surface area contributed by atoms with Crippen LogP contribution in [0.2, 0.25) is 0 Å². The fourth-order valence-electron chi connectivity index (χ4n) is 2.40. The molecule has 116 valence electrons. The third-order valence-electron chi connectivity index (χ3n) is 4.22. The number of aromatic amines is 1. The Hall–Kier alpha value is -2.09. The van der Waals surface area contributed by atoms with Crippen LogP contribution in [-0.2, 0) is 14.1 Å². The molecule has 2 rings (SSSR count). The van der Waals surface area contributed by atoms with Crippen LogP contribution in [0, 0.1) is 0 Å². The maximum atomic E-state index is 12.1. The normalized spacial score (nSPS) is 12.0. The van der Waals surface area contributed by atoms with Gasteiger partial charge < -0.3 is 16.0 Å². The minimum atomic E-state index is -0.401. The summed E-state index contributed by atoms with van der Waals surface area (Å²) >= 11 is 0. The number of fused-ring (bicyclic) bond motifs is 1. The molecule has 2 aromatic rings. The van der Waals surface area contributed by atoms with Crippen LogP contribution in [0.4, 0.5) is 5.95 Å². The Balaban J connectivity index is 2.59. The monoisotopic (exact) mass is 294 g/mol. The van der Waals surface area contributed by atoms with Gasteiger partial charge in [-0.2, -0.15) is 4.98 Å². The van der Waals surface area contributed by atoms with Gasteiger partial charge in [-0.1, -0.05) is 13.8 Å². The van der Waals surface area contributed by atoms with Gasteiger partial charge in [-0.3, -0.25) is 13.9 Å². The molecule has 8 nitrogen and oxygen atoms in total. The molecule has 0 atom stereocenters. The van der Waals surface area contributed by atoms with Crippen molar-refractivity contribution in [2.75, 3.05) is 11.9 Å². The topological polar surface area (TPSA) is 111 Å². The quantitative estimate of drug-likeness (QED) is 0.712. The van der Waals surface area contributed by atoms with E-state index in [1.165, 1.54) is 11.6 Å². The molecule has 8 heteroatoms. The van der Waals surface area contributed by atoms with Crippen LogP contribution in [0.15, 0.2) is 9.59 Å². The van der Waals surface area contributed by atoms with Crippen molar-refractivity contribution in [2.24, 2.45) is 19.8 Å². The van der Waals surface area contributed by atoms with Crippen molar-refractivity contribution in [3.05, 3.63) is 20.8 Å². The molecule has 0 radical (unpaired) electrons. The van der Waals surface area contributed by atoms with Gasteiger partial charge in [0.25, 0.3) is 5.56 Å². The molecule has 4 N–H and O–H groups in total. The van der Waals surface area contributed by atoms with E-state index in [-0.39, 0.29) is 11.1 Å². The highest BCUT2D eigenvalue weighted by Crippen LogP contribution is 2.20. The first-order chi connectivity index (χ1) is 9.89. The summed E-state index contributed by atoms with van der Waals surface area (Å²) in [6, 6.07) is 0. The zero-order valence-electron chi connectivity index (χ0n) is 12.9. The summed E-state index contributed by atoms with van der Waals surface area (Å²) in [6.45, 7) is 4.54. The second-order valence-corrected chi connectivity index (χ2v) is 5.31. The predicted octanol–water partition coefficient (Wildman–Crippen LogP) is -0.110. The number of nitrogens with zero attached hydrogens (tertiary/aromatic N) is 3. The van der Waals surface area contributed by atoms with Crippen molar-refractivity contribution in [3.63, 3.8) is 0 Å². The third-order valence-corrected chi connectivity index (χ3v) is 4.22. The predicted molar refractivity (Wildman–Crippen MR) is 82.6 cm³/mol. The summed E-state index contributed by atoms with van der Waals surface area (Å²) in [4.78, 5) is 31.3. The van der Waals surface area contributed by atoms with E-state index in [0.29, 0.717) is 23.7 Å². The van der Waals surface area contributed by atoms with Crippen molar-refractivity contribution >= 4 is 17.1 Å². The molecule has 0 aliphatic heterocycles. The molecule has 0 aliphatic rings. The van der Waals surface area contributed by atoms with Gasteiger partial charge >= 0.3 is 5.69 Å². The van der Waals surface area contributed by atoms with Crippen LogP contribution < -0.4 is 22.3 Å². The number of aromatic nitrogens is 4. The standard InChI is InChI=1S/C13H22N6O2/c1-5-13(6-2,7-14)17-11-15-8-9(16-11)18(3)12(21)19(4)10(8)20/h5-7,14H2,1-4H3,(H2,15,16,17). The van der Waals surface area contributed by atoms with Crippen LogP contribution >= 0.6 is 0 Å². The molecule has 2 aromatic heterocycles.